The molecule has 178 valence electrons. The number of carbonyl (C=O) groups excluding carboxylic acids is 2. The Hall–Kier alpha value is -3.42. The van der Waals surface area contributed by atoms with Crippen LogP contribution in [0.25, 0.3) is 0 Å². The van der Waals surface area contributed by atoms with Crippen molar-refractivity contribution >= 4 is 12.0 Å². The van der Waals surface area contributed by atoms with Gasteiger partial charge in [0.25, 0.3) is 0 Å². The lowest BCUT2D eigenvalue weighted by Gasteiger charge is -2.39. The SMILES string of the molecule is COC(=O)[C@@H](NC(=O)N1CCc2cc(OC)c(OC)cc2C1c1ccc(OC)cc1)C(C)C. The number of urea groups is 1. The van der Waals surface area contributed by atoms with Crippen LogP contribution in [0.3, 0.4) is 0 Å². The van der Waals surface area contributed by atoms with Crippen molar-refractivity contribution in [2.45, 2.75) is 32.4 Å². The molecule has 1 heterocycles. The van der Waals surface area contributed by atoms with Gasteiger partial charge in [-0.1, -0.05) is 26.0 Å². The van der Waals surface area contributed by atoms with Crippen LogP contribution in [0.15, 0.2) is 36.4 Å². The molecule has 8 nitrogen and oxygen atoms in total. The fourth-order valence-electron chi connectivity index (χ4n) is 4.15. The molecular weight excluding hydrogens is 424 g/mol. The minimum absolute atomic E-state index is 0.123. The number of methoxy groups -OCH3 is 4. The van der Waals surface area contributed by atoms with Gasteiger partial charge in [-0.3, -0.25) is 0 Å². The number of benzene rings is 2. The Bertz CT molecular complexity index is 989. The van der Waals surface area contributed by atoms with E-state index in [-0.39, 0.29) is 18.0 Å². The molecule has 0 radical (unpaired) electrons. The van der Waals surface area contributed by atoms with Gasteiger partial charge in [-0.15, -0.1) is 0 Å². The number of hydrogen-bond acceptors (Lipinski definition) is 6. The predicted molar refractivity (Wildman–Crippen MR) is 124 cm³/mol. The first-order chi connectivity index (χ1) is 15.8. The summed E-state index contributed by atoms with van der Waals surface area (Å²) in [6.45, 7) is 4.20. The van der Waals surface area contributed by atoms with Crippen LogP contribution in [-0.2, 0) is 16.0 Å². The lowest BCUT2D eigenvalue weighted by Crippen LogP contribution is -2.53. The van der Waals surface area contributed by atoms with Crippen LogP contribution in [0.1, 0.15) is 36.6 Å². The van der Waals surface area contributed by atoms with Gasteiger partial charge in [0.15, 0.2) is 11.5 Å². The smallest absolute Gasteiger partial charge is 0.328 e. The summed E-state index contributed by atoms with van der Waals surface area (Å²) in [7, 11) is 6.12. The molecule has 1 N–H and O–H groups in total. The fraction of sp³-hybridized carbons (Fsp3) is 0.440. The van der Waals surface area contributed by atoms with Gasteiger partial charge in [-0.05, 0) is 53.3 Å². The number of nitrogens with zero attached hydrogens (tertiary/aromatic N) is 1. The summed E-state index contributed by atoms with van der Waals surface area (Å²) in [5.41, 5.74) is 2.93. The Labute approximate surface area is 194 Å². The number of nitrogens with one attached hydrogen (secondary N) is 1. The molecule has 0 aromatic heterocycles. The maximum atomic E-state index is 13.5. The van der Waals surface area contributed by atoms with Gasteiger partial charge in [0.05, 0.1) is 34.5 Å². The van der Waals surface area contributed by atoms with E-state index >= 15 is 0 Å². The summed E-state index contributed by atoms with van der Waals surface area (Å²) in [6, 6.07) is 10.0. The zero-order chi connectivity index (χ0) is 24.1. The minimum atomic E-state index is -0.745. The Morgan fingerprint density at radius 2 is 1.61 bits per heavy atom. The van der Waals surface area contributed by atoms with E-state index in [0.29, 0.717) is 24.5 Å². The van der Waals surface area contributed by atoms with Gasteiger partial charge >= 0.3 is 12.0 Å². The molecule has 0 bridgehead atoms. The van der Waals surface area contributed by atoms with E-state index in [4.69, 9.17) is 18.9 Å². The molecule has 0 saturated carbocycles. The Balaban J connectivity index is 2.06. The first kappa shape index (κ1) is 24.2. The molecule has 3 rings (SSSR count). The molecular formula is C25H32N2O6. The summed E-state index contributed by atoms with van der Waals surface area (Å²) in [6.07, 6.45) is 0.639. The summed E-state index contributed by atoms with van der Waals surface area (Å²) < 4.78 is 21.2. The van der Waals surface area contributed by atoms with Crippen molar-refractivity contribution < 1.29 is 28.5 Å². The maximum absolute atomic E-state index is 13.5. The number of esters is 1. The van der Waals surface area contributed by atoms with Crippen molar-refractivity contribution in [1.29, 1.82) is 0 Å². The summed E-state index contributed by atoms with van der Waals surface area (Å²) in [4.78, 5) is 27.4. The van der Waals surface area contributed by atoms with Crippen molar-refractivity contribution in [3.63, 3.8) is 0 Å². The molecule has 2 amide bonds. The van der Waals surface area contributed by atoms with Gasteiger partial charge in [0.1, 0.15) is 11.8 Å². The van der Waals surface area contributed by atoms with E-state index in [0.717, 1.165) is 22.4 Å². The molecule has 0 spiro atoms. The van der Waals surface area contributed by atoms with E-state index < -0.39 is 12.0 Å². The van der Waals surface area contributed by atoms with Gasteiger partial charge in [-0.25, -0.2) is 9.59 Å². The lowest BCUT2D eigenvalue weighted by atomic mass is 9.87. The van der Waals surface area contributed by atoms with Gasteiger partial charge in [0, 0.05) is 6.54 Å². The highest BCUT2D eigenvalue weighted by Crippen LogP contribution is 2.41. The van der Waals surface area contributed by atoms with Gasteiger partial charge in [0.2, 0.25) is 0 Å². The fourth-order valence-corrected chi connectivity index (χ4v) is 4.15. The van der Waals surface area contributed by atoms with Crippen molar-refractivity contribution in [2.75, 3.05) is 35.0 Å². The molecule has 1 aliphatic heterocycles. The molecule has 33 heavy (non-hydrogen) atoms. The molecule has 8 heteroatoms. The Morgan fingerprint density at radius 1 is 0.970 bits per heavy atom. The van der Waals surface area contributed by atoms with Crippen LogP contribution >= 0.6 is 0 Å². The quantitative estimate of drug-likeness (QED) is 0.641. The number of ether oxygens (including phenoxy) is 4. The number of rotatable bonds is 7. The molecule has 1 aliphatic rings. The molecule has 2 aromatic carbocycles. The molecule has 2 atom stereocenters. The van der Waals surface area contributed by atoms with Crippen LogP contribution in [0.4, 0.5) is 4.79 Å². The maximum Gasteiger partial charge on any atom is 0.328 e. The largest absolute Gasteiger partial charge is 0.497 e. The van der Waals surface area contributed by atoms with Crippen LogP contribution in [0, 0.1) is 5.92 Å². The molecule has 0 aliphatic carbocycles. The standard InChI is InChI=1S/C25H32N2O6/c1-15(2)22(24(28)33-6)26-25(29)27-12-11-17-13-20(31-4)21(32-5)14-19(17)23(27)16-7-9-18(30-3)10-8-16/h7-10,13-15,22-23H,11-12H2,1-6H3,(H,26,29)/t22-,23?/m0/s1. The Kier molecular flexibility index (Phi) is 7.68. The average Bonchev–Trinajstić information content (AvgIpc) is 2.84. The normalized spacial score (nSPS) is 16.0. The second kappa shape index (κ2) is 10.5. The van der Waals surface area contributed by atoms with Crippen LogP contribution in [0.5, 0.6) is 17.2 Å². The highest BCUT2D eigenvalue weighted by atomic mass is 16.5. The molecule has 0 saturated heterocycles. The number of amides is 2. The number of fused-ring (bicyclic) bond motifs is 1. The average molecular weight is 457 g/mol. The minimum Gasteiger partial charge on any atom is -0.497 e. The van der Waals surface area contributed by atoms with Crippen molar-refractivity contribution in [3.05, 3.63) is 53.1 Å². The number of carbonyl (C=O) groups is 2. The van der Waals surface area contributed by atoms with E-state index in [2.05, 4.69) is 5.32 Å². The second-order valence-corrected chi connectivity index (χ2v) is 8.22. The third-order valence-electron chi connectivity index (χ3n) is 5.97. The highest BCUT2D eigenvalue weighted by Gasteiger charge is 2.35. The summed E-state index contributed by atoms with van der Waals surface area (Å²) in [5, 5.41) is 2.87. The summed E-state index contributed by atoms with van der Waals surface area (Å²) in [5.74, 6) is 1.37. The van der Waals surface area contributed by atoms with E-state index in [9.17, 15) is 9.59 Å². The first-order valence-corrected chi connectivity index (χ1v) is 10.9. The van der Waals surface area contributed by atoms with Crippen molar-refractivity contribution in [3.8, 4) is 17.2 Å². The lowest BCUT2D eigenvalue weighted by molar-refractivity contribution is -0.144. The van der Waals surface area contributed by atoms with Crippen molar-refractivity contribution in [2.24, 2.45) is 5.92 Å². The zero-order valence-electron chi connectivity index (χ0n) is 20.0. The van der Waals surface area contributed by atoms with Crippen LogP contribution in [-0.4, -0.2) is 57.9 Å². The third kappa shape index (κ3) is 4.99. The second-order valence-electron chi connectivity index (χ2n) is 8.22. The van der Waals surface area contributed by atoms with Crippen LogP contribution < -0.4 is 19.5 Å². The van der Waals surface area contributed by atoms with Gasteiger partial charge in [-0.2, -0.15) is 0 Å². The predicted octanol–water partition coefficient (Wildman–Crippen LogP) is 3.57. The molecule has 0 fully saturated rings. The first-order valence-electron chi connectivity index (χ1n) is 10.9. The van der Waals surface area contributed by atoms with E-state index in [1.165, 1.54) is 7.11 Å². The highest BCUT2D eigenvalue weighted by molar-refractivity contribution is 5.84. The Morgan fingerprint density at radius 3 is 2.15 bits per heavy atom. The van der Waals surface area contributed by atoms with E-state index in [1.54, 1.807) is 26.2 Å². The monoisotopic (exact) mass is 456 g/mol. The van der Waals surface area contributed by atoms with Crippen molar-refractivity contribution in [1.82, 2.24) is 10.2 Å². The third-order valence-corrected chi connectivity index (χ3v) is 5.97. The summed E-state index contributed by atoms with van der Waals surface area (Å²) >= 11 is 0. The topological polar surface area (TPSA) is 86.3 Å². The zero-order valence-corrected chi connectivity index (χ0v) is 20.0. The number of hydrogen-bond donors (Lipinski definition) is 1. The molecule has 1 unspecified atom stereocenters. The molecule has 2 aromatic rings. The van der Waals surface area contributed by atoms with E-state index in [1.807, 2.05) is 50.2 Å². The van der Waals surface area contributed by atoms with Crippen LogP contribution in [0.2, 0.25) is 0 Å². The van der Waals surface area contributed by atoms with Gasteiger partial charge < -0.3 is 29.2 Å².